The standard InChI is InChI=1S/C36H44N2O4S/c1-26-10-15-30(35(2,3)4)32(24-26)43-33-31(39)25-36(42-34(33)40,17-16-27-8-6-5-7-9-27)28-11-13-29(14-12-28)41-23-22-38-20-18-37-19-21-38/h5-15,24,33,37H,16-23,25H2,1-4H3. The average molecular weight is 601 g/mol. The Hall–Kier alpha value is -3.13. The van der Waals surface area contributed by atoms with Gasteiger partial charge in [0.2, 0.25) is 0 Å². The van der Waals surface area contributed by atoms with Crippen LogP contribution in [0.2, 0.25) is 0 Å². The molecule has 2 atom stereocenters. The van der Waals surface area contributed by atoms with E-state index < -0.39 is 16.8 Å². The number of hydrogen-bond acceptors (Lipinski definition) is 7. The predicted octanol–water partition coefficient (Wildman–Crippen LogP) is 6.08. The van der Waals surface area contributed by atoms with Gasteiger partial charge in [0.05, 0.1) is 6.42 Å². The zero-order chi connectivity index (χ0) is 30.5. The molecule has 2 fully saturated rings. The lowest BCUT2D eigenvalue weighted by molar-refractivity contribution is -0.171. The van der Waals surface area contributed by atoms with E-state index in [1.54, 1.807) is 0 Å². The van der Waals surface area contributed by atoms with Crippen LogP contribution in [0, 0.1) is 6.92 Å². The number of ether oxygens (including phenoxy) is 2. The number of hydrogen-bond donors (Lipinski definition) is 1. The minimum absolute atomic E-state index is 0.0907. The molecule has 3 aromatic carbocycles. The summed E-state index contributed by atoms with van der Waals surface area (Å²) in [6.07, 6.45) is 1.35. The number of Topliss-reactive ketones (excluding diaryl/α,β-unsaturated/α-hetero) is 1. The summed E-state index contributed by atoms with van der Waals surface area (Å²) >= 11 is 1.33. The van der Waals surface area contributed by atoms with Gasteiger partial charge in [0, 0.05) is 37.6 Å². The predicted molar refractivity (Wildman–Crippen MR) is 173 cm³/mol. The van der Waals surface area contributed by atoms with Crippen LogP contribution in [-0.4, -0.2) is 61.2 Å². The Morgan fingerprint density at radius 3 is 2.40 bits per heavy atom. The Kier molecular flexibility index (Phi) is 9.95. The second kappa shape index (κ2) is 13.7. The maximum Gasteiger partial charge on any atom is 0.327 e. The van der Waals surface area contributed by atoms with Crippen molar-refractivity contribution >= 4 is 23.5 Å². The van der Waals surface area contributed by atoms with Crippen molar-refractivity contribution < 1.29 is 19.1 Å². The van der Waals surface area contributed by atoms with Crippen LogP contribution in [0.3, 0.4) is 0 Å². The number of carbonyl (C=O) groups excluding carboxylic acids is 2. The quantitative estimate of drug-likeness (QED) is 0.223. The monoisotopic (exact) mass is 600 g/mol. The molecule has 0 bridgehead atoms. The van der Waals surface area contributed by atoms with E-state index in [2.05, 4.69) is 61.3 Å². The van der Waals surface area contributed by atoms with Gasteiger partial charge in [-0.1, -0.05) is 75.4 Å². The van der Waals surface area contributed by atoms with E-state index in [1.807, 2.05) is 49.4 Å². The number of esters is 1. The van der Waals surface area contributed by atoms with Gasteiger partial charge in [-0.3, -0.25) is 14.5 Å². The van der Waals surface area contributed by atoms with E-state index in [-0.39, 0.29) is 17.6 Å². The third-order valence-corrected chi connectivity index (χ3v) is 9.66. The molecule has 0 radical (unpaired) electrons. The van der Waals surface area contributed by atoms with Gasteiger partial charge in [-0.25, -0.2) is 0 Å². The van der Waals surface area contributed by atoms with Crippen molar-refractivity contribution in [3.05, 3.63) is 95.1 Å². The minimum Gasteiger partial charge on any atom is -0.492 e. The third kappa shape index (κ3) is 7.88. The smallest absolute Gasteiger partial charge is 0.327 e. The van der Waals surface area contributed by atoms with Crippen molar-refractivity contribution in [1.82, 2.24) is 10.2 Å². The van der Waals surface area contributed by atoms with Crippen LogP contribution in [0.25, 0.3) is 0 Å². The first-order valence-electron chi connectivity index (χ1n) is 15.4. The van der Waals surface area contributed by atoms with E-state index in [0.29, 0.717) is 19.4 Å². The van der Waals surface area contributed by atoms with E-state index in [1.165, 1.54) is 11.8 Å². The van der Waals surface area contributed by atoms with E-state index in [9.17, 15) is 9.59 Å². The van der Waals surface area contributed by atoms with Gasteiger partial charge in [0.25, 0.3) is 0 Å². The average Bonchev–Trinajstić information content (AvgIpc) is 2.99. The molecule has 3 aromatic rings. The molecule has 1 N–H and O–H groups in total. The van der Waals surface area contributed by atoms with E-state index in [0.717, 1.165) is 65.6 Å². The Bertz CT molecular complexity index is 1380. The first-order valence-corrected chi connectivity index (χ1v) is 16.2. The Balaban J connectivity index is 1.34. The van der Waals surface area contributed by atoms with Gasteiger partial charge < -0.3 is 14.8 Å². The number of cyclic esters (lactones) is 1. The first-order chi connectivity index (χ1) is 20.6. The summed E-state index contributed by atoms with van der Waals surface area (Å²) in [4.78, 5) is 30.9. The number of thioether (sulfide) groups is 1. The second-order valence-corrected chi connectivity index (χ2v) is 13.9. The molecule has 2 aliphatic heterocycles. The Morgan fingerprint density at radius 2 is 1.72 bits per heavy atom. The van der Waals surface area contributed by atoms with Crippen molar-refractivity contribution in [2.75, 3.05) is 39.3 Å². The van der Waals surface area contributed by atoms with Crippen molar-refractivity contribution in [1.29, 1.82) is 0 Å². The highest BCUT2D eigenvalue weighted by molar-refractivity contribution is 8.01. The highest BCUT2D eigenvalue weighted by atomic mass is 32.2. The largest absolute Gasteiger partial charge is 0.492 e. The van der Waals surface area contributed by atoms with E-state index >= 15 is 0 Å². The fraction of sp³-hybridized carbons (Fsp3) is 0.444. The molecule has 0 aliphatic carbocycles. The third-order valence-electron chi connectivity index (χ3n) is 8.38. The molecular weight excluding hydrogens is 556 g/mol. The van der Waals surface area contributed by atoms with Gasteiger partial charge in [0.15, 0.2) is 11.0 Å². The fourth-order valence-corrected chi connectivity index (χ4v) is 7.26. The van der Waals surface area contributed by atoms with Crippen LogP contribution in [0.4, 0.5) is 0 Å². The van der Waals surface area contributed by atoms with Gasteiger partial charge in [-0.2, -0.15) is 0 Å². The number of rotatable bonds is 10. The number of carbonyl (C=O) groups is 2. The minimum atomic E-state index is -1.03. The number of aryl methyl sites for hydroxylation is 2. The van der Waals surface area contributed by atoms with E-state index in [4.69, 9.17) is 9.47 Å². The van der Waals surface area contributed by atoms with Crippen molar-refractivity contribution in [2.45, 2.75) is 68.1 Å². The molecule has 2 heterocycles. The summed E-state index contributed by atoms with van der Waals surface area (Å²) in [6, 6.07) is 24.2. The number of nitrogens with one attached hydrogen (secondary N) is 1. The molecular formula is C36H44N2O4S. The molecule has 2 unspecified atom stereocenters. The fourth-order valence-electron chi connectivity index (χ4n) is 5.89. The summed E-state index contributed by atoms with van der Waals surface area (Å²) in [5, 5.41) is 2.48. The molecule has 0 spiro atoms. The maximum atomic E-state index is 13.9. The van der Waals surface area contributed by atoms with Crippen LogP contribution in [0.1, 0.15) is 55.9 Å². The van der Waals surface area contributed by atoms with Crippen LogP contribution >= 0.6 is 11.8 Å². The molecule has 43 heavy (non-hydrogen) atoms. The topological polar surface area (TPSA) is 67.9 Å². The Labute approximate surface area is 260 Å². The van der Waals surface area contributed by atoms with Gasteiger partial charge in [-0.05, 0) is 65.6 Å². The lowest BCUT2D eigenvalue weighted by atomic mass is 9.81. The highest BCUT2D eigenvalue weighted by Crippen LogP contribution is 2.44. The van der Waals surface area contributed by atoms with Crippen molar-refractivity contribution in [3.63, 3.8) is 0 Å². The van der Waals surface area contributed by atoms with Gasteiger partial charge in [-0.15, -0.1) is 11.8 Å². The molecule has 0 amide bonds. The summed E-state index contributed by atoms with van der Waals surface area (Å²) < 4.78 is 12.4. The summed E-state index contributed by atoms with van der Waals surface area (Å²) in [5.74, 6) is 0.215. The molecule has 228 valence electrons. The number of nitrogens with zero attached hydrogens (tertiary/aromatic N) is 1. The van der Waals surface area contributed by atoms with Gasteiger partial charge in [0.1, 0.15) is 18.0 Å². The zero-order valence-corrected chi connectivity index (χ0v) is 26.7. The van der Waals surface area contributed by atoms with Crippen LogP contribution in [-0.2, 0) is 31.8 Å². The molecule has 0 saturated carbocycles. The molecule has 2 saturated heterocycles. The number of benzene rings is 3. The summed E-state index contributed by atoms with van der Waals surface area (Å²) in [6.45, 7) is 14.1. The van der Waals surface area contributed by atoms with Crippen LogP contribution in [0.5, 0.6) is 5.75 Å². The maximum absolute atomic E-state index is 13.9. The molecule has 7 heteroatoms. The highest BCUT2D eigenvalue weighted by Gasteiger charge is 2.48. The summed E-state index contributed by atoms with van der Waals surface area (Å²) in [7, 11) is 0. The van der Waals surface area contributed by atoms with Gasteiger partial charge >= 0.3 is 5.97 Å². The Morgan fingerprint density at radius 1 is 1.00 bits per heavy atom. The normalized spacial score (nSPS) is 21.4. The zero-order valence-electron chi connectivity index (χ0n) is 25.9. The van der Waals surface area contributed by atoms with Crippen LogP contribution in [0.15, 0.2) is 77.7 Å². The first kappa shape index (κ1) is 31.3. The SMILES string of the molecule is Cc1ccc(C(C)(C)C)c(SC2C(=O)CC(CCc3ccccc3)(c3ccc(OCCN4CCNCC4)cc3)OC2=O)c1. The second-order valence-electron chi connectivity index (χ2n) is 12.8. The molecule has 0 aromatic heterocycles. The lowest BCUT2D eigenvalue weighted by Gasteiger charge is -2.39. The molecule has 2 aliphatic rings. The number of piperazine rings is 1. The molecule has 6 nitrogen and oxygen atoms in total. The van der Waals surface area contributed by atoms with Crippen molar-refractivity contribution in [3.8, 4) is 5.75 Å². The number of ketones is 1. The summed E-state index contributed by atoms with van der Waals surface area (Å²) in [5.41, 5.74) is 3.04. The van der Waals surface area contributed by atoms with Crippen LogP contribution < -0.4 is 10.1 Å². The lowest BCUT2D eigenvalue weighted by Crippen LogP contribution is -2.47. The van der Waals surface area contributed by atoms with Crippen molar-refractivity contribution in [2.24, 2.45) is 0 Å². The molecule has 5 rings (SSSR count).